The van der Waals surface area contributed by atoms with Crippen LogP contribution >= 0.6 is 0 Å². The maximum absolute atomic E-state index is 2.38. The molecule has 0 bridgehead atoms. The molecule has 0 amide bonds. The lowest BCUT2D eigenvalue weighted by Crippen LogP contribution is -1.89. The quantitative estimate of drug-likeness (QED) is 0.420. The fraction of sp³-hybridized carbons (Fsp3) is 0.750. The first-order valence-electron chi connectivity index (χ1n) is 3.38. The van der Waals surface area contributed by atoms with E-state index in [9.17, 15) is 0 Å². The minimum atomic E-state index is 0.838. The van der Waals surface area contributed by atoms with Crippen LogP contribution in [-0.4, -0.2) is 0 Å². The number of rotatable bonds is 0. The molecule has 0 aliphatic heterocycles. The highest BCUT2D eigenvalue weighted by atomic mass is 14.2. The Balaban J connectivity index is 2.59. The first-order chi connectivity index (χ1) is 3.70. The molecular formula is C8H14. The number of allylic oxidation sites excluding steroid dienone is 2. The minimum absolute atomic E-state index is 0.838. The standard InChI is InChI=1S/C8H14/c1-6-4-7(2)8(3)5-6/h4,6,8H,5H2,1-3H3/t6-,8?/m1/s1. The molecule has 1 aliphatic carbocycles. The Morgan fingerprint density at radius 3 is 2.25 bits per heavy atom. The molecule has 0 heteroatoms. The molecule has 0 fully saturated rings. The molecule has 0 N–H and O–H groups in total. The lowest BCUT2D eigenvalue weighted by Gasteiger charge is -2.01. The summed E-state index contributed by atoms with van der Waals surface area (Å²) in [6.45, 7) is 6.82. The third-order valence-electron chi connectivity index (χ3n) is 2.05. The van der Waals surface area contributed by atoms with E-state index in [4.69, 9.17) is 0 Å². The summed E-state index contributed by atoms with van der Waals surface area (Å²) in [6, 6.07) is 0. The van der Waals surface area contributed by atoms with Crippen molar-refractivity contribution in [2.45, 2.75) is 27.2 Å². The second kappa shape index (κ2) is 1.93. The van der Waals surface area contributed by atoms with E-state index in [0.29, 0.717) is 0 Å². The second-order valence-corrected chi connectivity index (χ2v) is 3.02. The highest BCUT2D eigenvalue weighted by molar-refractivity contribution is 5.10. The Labute approximate surface area is 51.6 Å². The molecule has 0 heterocycles. The van der Waals surface area contributed by atoms with E-state index in [1.54, 1.807) is 5.57 Å². The topological polar surface area (TPSA) is 0 Å². The van der Waals surface area contributed by atoms with Gasteiger partial charge in [-0.2, -0.15) is 0 Å². The van der Waals surface area contributed by atoms with Gasteiger partial charge in [-0.05, 0) is 25.2 Å². The van der Waals surface area contributed by atoms with Crippen molar-refractivity contribution < 1.29 is 0 Å². The van der Waals surface area contributed by atoms with Crippen molar-refractivity contribution in [2.24, 2.45) is 11.8 Å². The fourth-order valence-corrected chi connectivity index (χ4v) is 1.42. The highest BCUT2D eigenvalue weighted by Gasteiger charge is 2.15. The summed E-state index contributed by atoms with van der Waals surface area (Å²) >= 11 is 0. The predicted molar refractivity (Wildman–Crippen MR) is 36.7 cm³/mol. The van der Waals surface area contributed by atoms with Gasteiger partial charge in [-0.3, -0.25) is 0 Å². The van der Waals surface area contributed by atoms with Crippen molar-refractivity contribution in [3.63, 3.8) is 0 Å². The zero-order valence-corrected chi connectivity index (χ0v) is 5.94. The summed E-state index contributed by atoms with van der Waals surface area (Å²) in [5, 5.41) is 0. The lowest BCUT2D eigenvalue weighted by molar-refractivity contribution is 0.577. The third kappa shape index (κ3) is 0.936. The maximum atomic E-state index is 2.38. The van der Waals surface area contributed by atoms with Gasteiger partial charge in [0.1, 0.15) is 0 Å². The molecule has 0 aromatic rings. The largest absolute Gasteiger partial charge is 0.0825 e. The fourth-order valence-electron chi connectivity index (χ4n) is 1.42. The third-order valence-corrected chi connectivity index (χ3v) is 2.05. The summed E-state index contributed by atoms with van der Waals surface area (Å²) < 4.78 is 0. The van der Waals surface area contributed by atoms with Gasteiger partial charge in [0.05, 0.1) is 0 Å². The van der Waals surface area contributed by atoms with Crippen LogP contribution in [0.3, 0.4) is 0 Å². The van der Waals surface area contributed by atoms with Crippen molar-refractivity contribution in [3.05, 3.63) is 11.6 Å². The Morgan fingerprint density at radius 2 is 2.12 bits per heavy atom. The first-order valence-corrected chi connectivity index (χ1v) is 3.38. The molecule has 0 saturated carbocycles. The van der Waals surface area contributed by atoms with Crippen LogP contribution in [0.2, 0.25) is 0 Å². The number of hydrogen-bond donors (Lipinski definition) is 0. The van der Waals surface area contributed by atoms with Crippen molar-refractivity contribution in [3.8, 4) is 0 Å². The van der Waals surface area contributed by atoms with Crippen LogP contribution in [0, 0.1) is 11.8 Å². The van der Waals surface area contributed by atoms with Gasteiger partial charge in [-0.25, -0.2) is 0 Å². The molecular weight excluding hydrogens is 96.1 g/mol. The van der Waals surface area contributed by atoms with Crippen LogP contribution in [0.5, 0.6) is 0 Å². The summed E-state index contributed by atoms with van der Waals surface area (Å²) in [5.74, 6) is 1.69. The molecule has 1 rings (SSSR count). The van der Waals surface area contributed by atoms with Crippen molar-refractivity contribution in [1.82, 2.24) is 0 Å². The van der Waals surface area contributed by atoms with E-state index >= 15 is 0 Å². The van der Waals surface area contributed by atoms with Crippen LogP contribution in [0.25, 0.3) is 0 Å². The SMILES string of the molecule is CC1=C[C@@H](C)CC1C. The Bertz CT molecular complexity index is 111. The Morgan fingerprint density at radius 1 is 1.50 bits per heavy atom. The van der Waals surface area contributed by atoms with Crippen molar-refractivity contribution in [1.29, 1.82) is 0 Å². The van der Waals surface area contributed by atoms with Crippen LogP contribution < -0.4 is 0 Å². The minimum Gasteiger partial charge on any atom is -0.0825 e. The van der Waals surface area contributed by atoms with Gasteiger partial charge in [0, 0.05) is 0 Å². The number of hydrogen-bond acceptors (Lipinski definition) is 0. The summed E-state index contributed by atoms with van der Waals surface area (Å²) in [7, 11) is 0. The van der Waals surface area contributed by atoms with E-state index in [1.165, 1.54) is 6.42 Å². The zero-order valence-electron chi connectivity index (χ0n) is 5.94. The average Bonchev–Trinajstić information content (AvgIpc) is 1.85. The highest BCUT2D eigenvalue weighted by Crippen LogP contribution is 2.28. The average molecular weight is 110 g/mol. The van der Waals surface area contributed by atoms with Gasteiger partial charge in [0.15, 0.2) is 0 Å². The van der Waals surface area contributed by atoms with E-state index in [2.05, 4.69) is 26.8 Å². The van der Waals surface area contributed by atoms with E-state index < -0.39 is 0 Å². The smallest absolute Gasteiger partial charge is 0.0229 e. The lowest BCUT2D eigenvalue weighted by atomic mass is 10.0. The molecule has 0 aromatic heterocycles. The monoisotopic (exact) mass is 110 g/mol. The van der Waals surface area contributed by atoms with Gasteiger partial charge in [-0.1, -0.05) is 25.5 Å². The molecule has 8 heavy (non-hydrogen) atoms. The van der Waals surface area contributed by atoms with Crippen LogP contribution in [0.1, 0.15) is 27.2 Å². The summed E-state index contributed by atoms with van der Waals surface area (Å²) in [4.78, 5) is 0. The summed E-state index contributed by atoms with van der Waals surface area (Å²) in [5.41, 5.74) is 1.58. The van der Waals surface area contributed by atoms with Crippen LogP contribution in [0.15, 0.2) is 11.6 Å². The predicted octanol–water partition coefficient (Wildman–Crippen LogP) is 2.61. The molecule has 0 radical (unpaired) electrons. The van der Waals surface area contributed by atoms with E-state index in [1.807, 2.05) is 0 Å². The van der Waals surface area contributed by atoms with Crippen molar-refractivity contribution in [2.75, 3.05) is 0 Å². The summed E-state index contributed by atoms with van der Waals surface area (Å²) in [6.07, 6.45) is 3.75. The maximum Gasteiger partial charge on any atom is -0.0229 e. The molecule has 0 nitrogen and oxygen atoms in total. The molecule has 46 valence electrons. The second-order valence-electron chi connectivity index (χ2n) is 3.02. The first kappa shape index (κ1) is 5.87. The molecule has 2 atom stereocenters. The van der Waals surface area contributed by atoms with Crippen LogP contribution in [0.4, 0.5) is 0 Å². The van der Waals surface area contributed by atoms with Gasteiger partial charge in [0.2, 0.25) is 0 Å². The van der Waals surface area contributed by atoms with Crippen molar-refractivity contribution >= 4 is 0 Å². The molecule has 1 aliphatic rings. The van der Waals surface area contributed by atoms with E-state index in [0.717, 1.165) is 11.8 Å². The molecule has 0 aromatic carbocycles. The molecule has 0 spiro atoms. The van der Waals surface area contributed by atoms with Gasteiger partial charge >= 0.3 is 0 Å². The van der Waals surface area contributed by atoms with Gasteiger partial charge in [0.25, 0.3) is 0 Å². The normalized spacial score (nSPS) is 37.6. The zero-order chi connectivity index (χ0) is 6.15. The van der Waals surface area contributed by atoms with E-state index in [-0.39, 0.29) is 0 Å². The Kier molecular flexibility index (Phi) is 1.41. The molecule has 1 unspecified atom stereocenters. The molecule has 0 saturated heterocycles. The van der Waals surface area contributed by atoms with Gasteiger partial charge in [-0.15, -0.1) is 0 Å². The van der Waals surface area contributed by atoms with Crippen LogP contribution in [-0.2, 0) is 0 Å². The Hall–Kier alpha value is -0.260. The van der Waals surface area contributed by atoms with Gasteiger partial charge < -0.3 is 0 Å².